The van der Waals surface area contributed by atoms with E-state index in [1.165, 1.54) is 19.2 Å². The fourth-order valence-corrected chi connectivity index (χ4v) is 2.24. The highest BCUT2D eigenvalue weighted by atomic mass is 35.5. The Kier molecular flexibility index (Phi) is 4.03. The number of nitrogens with one attached hydrogen (secondary N) is 1. The number of halogens is 1. The minimum absolute atomic E-state index is 0.0736. The maximum absolute atomic E-state index is 11.1. The first-order valence-electron chi connectivity index (χ1n) is 6.62. The van der Waals surface area contributed by atoms with Crippen molar-refractivity contribution < 1.29 is 19.1 Å². The molecule has 0 bridgehead atoms. The summed E-state index contributed by atoms with van der Waals surface area (Å²) in [7, 11) is 1.44. The molecule has 0 aliphatic carbocycles. The number of hydrogen-bond donors (Lipinski definition) is 2. The van der Waals surface area contributed by atoms with E-state index >= 15 is 0 Å². The van der Waals surface area contributed by atoms with Crippen molar-refractivity contribution in [3.05, 3.63) is 46.7 Å². The summed E-state index contributed by atoms with van der Waals surface area (Å²) in [5.74, 6) is -0.760. The van der Waals surface area contributed by atoms with Crippen molar-refractivity contribution in [3.63, 3.8) is 0 Å². The molecule has 2 N–H and O–H groups in total. The van der Waals surface area contributed by atoms with Crippen LogP contribution in [0, 0.1) is 0 Å². The molecule has 0 unspecified atom stereocenters. The van der Waals surface area contributed by atoms with Crippen molar-refractivity contribution in [2.45, 2.75) is 6.54 Å². The molecule has 0 aliphatic heterocycles. The molecule has 0 fully saturated rings. The van der Waals surface area contributed by atoms with Gasteiger partial charge in [0.05, 0.1) is 12.7 Å². The Hall–Kier alpha value is -2.80. The van der Waals surface area contributed by atoms with Crippen molar-refractivity contribution in [3.8, 4) is 5.75 Å². The van der Waals surface area contributed by atoms with Gasteiger partial charge in [0.1, 0.15) is 5.52 Å². The summed E-state index contributed by atoms with van der Waals surface area (Å²) >= 11 is 6.06. The van der Waals surface area contributed by atoms with Gasteiger partial charge in [0.2, 0.25) is 0 Å². The molecule has 0 saturated carbocycles. The zero-order valence-electron chi connectivity index (χ0n) is 12.0. The van der Waals surface area contributed by atoms with Gasteiger partial charge in [-0.3, -0.25) is 4.98 Å². The number of aromatic nitrogens is 2. The molecule has 3 rings (SSSR count). The van der Waals surface area contributed by atoms with Gasteiger partial charge >= 0.3 is 5.97 Å². The number of aromatic carboxylic acids is 1. The summed E-state index contributed by atoms with van der Waals surface area (Å²) in [5, 5.41) is 12.7. The van der Waals surface area contributed by atoms with Gasteiger partial charge in [0.15, 0.2) is 11.3 Å². The second-order valence-corrected chi connectivity index (χ2v) is 5.08. The fraction of sp³-hybridized carbons (Fsp3) is 0.133. The predicted octanol–water partition coefficient (Wildman–Crippen LogP) is 3.20. The minimum Gasteiger partial charge on any atom is -0.493 e. The minimum atomic E-state index is -1.06. The largest absolute Gasteiger partial charge is 0.493 e. The van der Waals surface area contributed by atoms with E-state index in [9.17, 15) is 4.79 Å². The number of nitrogens with zero attached hydrogens (tertiary/aromatic N) is 2. The van der Waals surface area contributed by atoms with Gasteiger partial charge in [-0.1, -0.05) is 11.6 Å². The fourth-order valence-electron chi connectivity index (χ4n) is 2.06. The molecule has 8 heteroatoms. The van der Waals surface area contributed by atoms with Gasteiger partial charge in [-0.15, -0.1) is 0 Å². The molecular formula is C15H12ClN3O4. The average molecular weight is 334 g/mol. The molecule has 1 aromatic carbocycles. The zero-order valence-corrected chi connectivity index (χ0v) is 12.8. The molecule has 118 valence electrons. The highest BCUT2D eigenvalue weighted by Crippen LogP contribution is 2.30. The third-order valence-corrected chi connectivity index (χ3v) is 3.57. The smallest absolute Gasteiger partial charge is 0.335 e. The molecule has 0 saturated heterocycles. The van der Waals surface area contributed by atoms with E-state index in [-0.39, 0.29) is 11.6 Å². The maximum atomic E-state index is 11.1. The number of benzene rings is 1. The zero-order chi connectivity index (χ0) is 16.4. The molecule has 2 heterocycles. The molecule has 3 aromatic rings. The van der Waals surface area contributed by atoms with E-state index < -0.39 is 5.97 Å². The van der Waals surface area contributed by atoms with Crippen LogP contribution >= 0.6 is 11.6 Å². The lowest BCUT2D eigenvalue weighted by Crippen LogP contribution is -2.00. The van der Waals surface area contributed by atoms with Crippen LogP contribution in [-0.4, -0.2) is 28.2 Å². The number of ether oxygens (including phenoxy) is 1. The van der Waals surface area contributed by atoms with Crippen LogP contribution in [0.3, 0.4) is 0 Å². The second-order valence-electron chi connectivity index (χ2n) is 4.67. The van der Waals surface area contributed by atoms with Crippen molar-refractivity contribution in [1.29, 1.82) is 0 Å². The summed E-state index contributed by atoms with van der Waals surface area (Å²) < 4.78 is 10.7. The Morgan fingerprint density at radius 2 is 2.30 bits per heavy atom. The summed E-state index contributed by atoms with van der Waals surface area (Å²) in [6.45, 7) is 0.369. The Bertz CT molecular complexity index is 878. The number of carboxylic acids is 1. The monoisotopic (exact) mass is 333 g/mol. The number of carboxylic acid groups (broad SMARTS) is 1. The van der Waals surface area contributed by atoms with Gasteiger partial charge in [0, 0.05) is 29.5 Å². The van der Waals surface area contributed by atoms with Crippen LogP contribution in [0.15, 0.2) is 35.0 Å². The van der Waals surface area contributed by atoms with Crippen molar-refractivity contribution in [2.24, 2.45) is 0 Å². The lowest BCUT2D eigenvalue weighted by atomic mass is 10.2. The van der Waals surface area contributed by atoms with Gasteiger partial charge in [-0.25, -0.2) is 4.79 Å². The Labute approximate surface area is 135 Å². The SMILES string of the molecule is COc1cc(C(=O)O)cc2nc(NCc3cnccc3Cl)oc12. The van der Waals surface area contributed by atoms with E-state index in [1.807, 2.05) is 0 Å². The van der Waals surface area contributed by atoms with Gasteiger partial charge < -0.3 is 19.6 Å². The first-order valence-corrected chi connectivity index (χ1v) is 7.00. The van der Waals surface area contributed by atoms with Crippen LogP contribution in [0.1, 0.15) is 15.9 Å². The third kappa shape index (κ3) is 3.04. The first kappa shape index (κ1) is 15.1. The summed E-state index contributed by atoms with van der Waals surface area (Å²) in [5.41, 5.74) is 1.62. The molecule has 0 amide bonds. The second kappa shape index (κ2) is 6.13. The molecule has 7 nitrogen and oxygen atoms in total. The Balaban J connectivity index is 1.90. The van der Waals surface area contributed by atoms with Crippen molar-refractivity contribution in [1.82, 2.24) is 9.97 Å². The van der Waals surface area contributed by atoms with Crippen LogP contribution in [0.2, 0.25) is 5.02 Å². The number of oxazole rings is 1. The van der Waals surface area contributed by atoms with Crippen LogP contribution < -0.4 is 10.1 Å². The lowest BCUT2D eigenvalue weighted by Gasteiger charge is -2.03. The van der Waals surface area contributed by atoms with E-state index in [4.69, 9.17) is 25.9 Å². The molecule has 0 radical (unpaired) electrons. The highest BCUT2D eigenvalue weighted by molar-refractivity contribution is 6.31. The normalized spacial score (nSPS) is 10.7. The molecule has 0 aliphatic rings. The van der Waals surface area contributed by atoms with E-state index in [2.05, 4.69) is 15.3 Å². The number of rotatable bonds is 5. The number of carbonyl (C=O) groups is 1. The third-order valence-electron chi connectivity index (χ3n) is 3.20. The topological polar surface area (TPSA) is 97.5 Å². The van der Waals surface area contributed by atoms with Crippen molar-refractivity contribution in [2.75, 3.05) is 12.4 Å². The lowest BCUT2D eigenvalue weighted by molar-refractivity contribution is 0.0696. The van der Waals surface area contributed by atoms with Crippen molar-refractivity contribution >= 4 is 34.7 Å². The van der Waals surface area contributed by atoms with E-state index in [0.29, 0.717) is 28.4 Å². The molecule has 0 atom stereocenters. The molecule has 2 aromatic heterocycles. The predicted molar refractivity (Wildman–Crippen MR) is 84.1 cm³/mol. The van der Waals surface area contributed by atoms with Crippen LogP contribution in [-0.2, 0) is 6.54 Å². The molecule has 0 spiro atoms. The number of fused-ring (bicyclic) bond motifs is 1. The number of methoxy groups -OCH3 is 1. The first-order chi connectivity index (χ1) is 11.1. The van der Waals surface area contributed by atoms with E-state index in [0.717, 1.165) is 5.56 Å². The Morgan fingerprint density at radius 3 is 3.00 bits per heavy atom. The quantitative estimate of drug-likeness (QED) is 0.739. The average Bonchev–Trinajstić information content (AvgIpc) is 2.96. The maximum Gasteiger partial charge on any atom is 0.335 e. The van der Waals surface area contributed by atoms with Gasteiger partial charge in [0.25, 0.3) is 6.01 Å². The number of hydrogen-bond acceptors (Lipinski definition) is 6. The summed E-state index contributed by atoms with van der Waals surface area (Å²) in [6, 6.07) is 4.73. The molecular weight excluding hydrogens is 322 g/mol. The van der Waals surface area contributed by atoms with Crippen LogP contribution in [0.25, 0.3) is 11.1 Å². The summed E-state index contributed by atoms with van der Waals surface area (Å²) in [4.78, 5) is 19.3. The number of anilines is 1. The standard InChI is InChI=1S/C15H12ClN3O4/c1-22-12-5-8(14(20)21)4-11-13(12)23-15(19-11)18-7-9-6-17-3-2-10(9)16/h2-6H,7H2,1H3,(H,18,19)(H,20,21). The van der Waals surface area contributed by atoms with Gasteiger partial charge in [-0.2, -0.15) is 4.98 Å². The van der Waals surface area contributed by atoms with E-state index in [1.54, 1.807) is 18.5 Å². The number of pyridine rings is 1. The van der Waals surface area contributed by atoms with Crippen LogP contribution in [0.5, 0.6) is 5.75 Å². The van der Waals surface area contributed by atoms with Gasteiger partial charge in [-0.05, 0) is 18.2 Å². The molecule has 23 heavy (non-hydrogen) atoms. The highest BCUT2D eigenvalue weighted by Gasteiger charge is 2.15. The van der Waals surface area contributed by atoms with Crippen LogP contribution in [0.4, 0.5) is 6.01 Å². The summed E-state index contributed by atoms with van der Waals surface area (Å²) in [6.07, 6.45) is 3.24. The Morgan fingerprint density at radius 1 is 1.48 bits per heavy atom.